The first-order valence-corrected chi connectivity index (χ1v) is 11.1. The fraction of sp³-hybridized carbons (Fsp3) is 0.385. The van der Waals surface area contributed by atoms with E-state index in [1.165, 1.54) is 0 Å². The lowest BCUT2D eigenvalue weighted by Crippen LogP contribution is -2.09. The van der Waals surface area contributed by atoms with Crippen LogP contribution in [0.15, 0.2) is 36.7 Å². The van der Waals surface area contributed by atoms with E-state index >= 15 is 8.78 Å². The Hall–Kier alpha value is -3.02. The van der Waals surface area contributed by atoms with Gasteiger partial charge in [0.2, 0.25) is 0 Å². The van der Waals surface area contributed by atoms with E-state index in [0.29, 0.717) is 34.6 Å². The summed E-state index contributed by atoms with van der Waals surface area (Å²) in [6.45, 7) is 13.2. The van der Waals surface area contributed by atoms with Crippen molar-refractivity contribution in [3.63, 3.8) is 0 Å². The zero-order valence-corrected chi connectivity index (χ0v) is 19.7. The average molecular weight is 439 g/mol. The van der Waals surface area contributed by atoms with E-state index in [2.05, 4.69) is 48.3 Å². The Balaban J connectivity index is 1.94. The van der Waals surface area contributed by atoms with Gasteiger partial charge in [0.15, 0.2) is 0 Å². The molecule has 3 aromatic rings. The molecule has 6 heteroatoms. The van der Waals surface area contributed by atoms with Crippen molar-refractivity contribution in [1.82, 2.24) is 9.97 Å². The van der Waals surface area contributed by atoms with Gasteiger partial charge in [0.05, 0.1) is 0 Å². The lowest BCUT2D eigenvalue weighted by molar-refractivity contribution is 0.592. The molecule has 3 rings (SSSR count). The highest BCUT2D eigenvalue weighted by Gasteiger charge is 2.22. The molecule has 0 unspecified atom stereocenters. The summed E-state index contributed by atoms with van der Waals surface area (Å²) in [6, 6.07) is 7.14. The number of halogens is 2. The number of hydrogen-bond donors (Lipinski definition) is 2. The second kappa shape index (κ2) is 10.1. The third kappa shape index (κ3) is 5.23. The summed E-state index contributed by atoms with van der Waals surface area (Å²) in [7, 11) is 0. The van der Waals surface area contributed by atoms with E-state index < -0.39 is 11.6 Å². The van der Waals surface area contributed by atoms with Crippen LogP contribution in [0.3, 0.4) is 0 Å². The predicted octanol–water partition coefficient (Wildman–Crippen LogP) is 6.84. The van der Waals surface area contributed by atoms with Crippen LogP contribution >= 0.6 is 0 Å². The maximum atomic E-state index is 15.5. The largest absolute Gasteiger partial charge is 0.370 e. The van der Waals surface area contributed by atoms with E-state index in [1.54, 1.807) is 50.5 Å². The predicted molar refractivity (Wildman–Crippen MR) is 129 cm³/mol. The highest BCUT2D eigenvalue weighted by atomic mass is 19.1. The van der Waals surface area contributed by atoms with Crippen LogP contribution in [0.25, 0.3) is 22.3 Å². The number of pyridine rings is 2. The molecule has 170 valence electrons. The van der Waals surface area contributed by atoms with E-state index in [9.17, 15) is 0 Å². The van der Waals surface area contributed by atoms with Gasteiger partial charge in [-0.1, -0.05) is 27.7 Å². The van der Waals surface area contributed by atoms with Gasteiger partial charge in [0.25, 0.3) is 0 Å². The molecular formula is C26H32F2N4. The van der Waals surface area contributed by atoms with Crippen LogP contribution in [0.4, 0.5) is 20.4 Å². The van der Waals surface area contributed by atoms with Crippen molar-refractivity contribution in [1.29, 1.82) is 0 Å². The highest BCUT2D eigenvalue weighted by Crippen LogP contribution is 2.37. The number of aromatic nitrogens is 2. The molecule has 0 aliphatic heterocycles. The van der Waals surface area contributed by atoms with Gasteiger partial charge in [0.1, 0.15) is 23.3 Å². The molecule has 0 amide bonds. The average Bonchev–Trinajstić information content (AvgIpc) is 2.77. The molecule has 0 radical (unpaired) electrons. The monoisotopic (exact) mass is 438 g/mol. The van der Waals surface area contributed by atoms with Crippen LogP contribution in [0.2, 0.25) is 0 Å². The van der Waals surface area contributed by atoms with E-state index in [-0.39, 0.29) is 22.3 Å². The first-order chi connectivity index (χ1) is 15.2. The lowest BCUT2D eigenvalue weighted by atomic mass is 9.91. The highest BCUT2D eigenvalue weighted by molar-refractivity contribution is 5.77. The Labute approximate surface area is 189 Å². The molecule has 2 aromatic heterocycles. The van der Waals surface area contributed by atoms with E-state index in [1.807, 2.05) is 0 Å². The lowest BCUT2D eigenvalue weighted by Gasteiger charge is -2.17. The molecule has 32 heavy (non-hydrogen) atoms. The quantitative estimate of drug-likeness (QED) is 0.404. The summed E-state index contributed by atoms with van der Waals surface area (Å²) in [6.07, 6.45) is 3.17. The minimum atomic E-state index is -0.439. The summed E-state index contributed by atoms with van der Waals surface area (Å²) in [4.78, 5) is 8.74. The molecule has 0 aliphatic rings. The van der Waals surface area contributed by atoms with Crippen molar-refractivity contribution in [2.75, 3.05) is 23.7 Å². The molecular weight excluding hydrogens is 406 g/mol. The molecule has 0 saturated heterocycles. The molecule has 1 aromatic carbocycles. The SMILES string of the molecule is Cc1c(F)c(-c2ccc(NCC(C)C)nc2)c(C)c(F)c1-c1ccc(NCC(C)C)nc1. The molecule has 0 saturated carbocycles. The maximum Gasteiger partial charge on any atom is 0.135 e. The van der Waals surface area contributed by atoms with Gasteiger partial charge >= 0.3 is 0 Å². The van der Waals surface area contributed by atoms with Gasteiger partial charge in [-0.15, -0.1) is 0 Å². The van der Waals surface area contributed by atoms with Crippen molar-refractivity contribution < 1.29 is 8.78 Å². The molecule has 0 fully saturated rings. The third-order valence-electron chi connectivity index (χ3n) is 5.33. The molecule has 0 atom stereocenters. The van der Waals surface area contributed by atoms with Crippen LogP contribution in [-0.4, -0.2) is 23.1 Å². The van der Waals surface area contributed by atoms with Crippen LogP contribution in [0.5, 0.6) is 0 Å². The molecule has 0 spiro atoms. The minimum Gasteiger partial charge on any atom is -0.370 e. The van der Waals surface area contributed by atoms with Crippen molar-refractivity contribution in [2.45, 2.75) is 41.5 Å². The number of hydrogen-bond acceptors (Lipinski definition) is 4. The Morgan fingerprint density at radius 3 is 1.34 bits per heavy atom. The van der Waals surface area contributed by atoms with Crippen LogP contribution in [0.1, 0.15) is 38.8 Å². The molecule has 2 N–H and O–H groups in total. The zero-order valence-electron chi connectivity index (χ0n) is 19.7. The Bertz CT molecular complexity index is 943. The van der Waals surface area contributed by atoms with Crippen molar-refractivity contribution in [3.8, 4) is 22.3 Å². The first kappa shape index (κ1) is 23.6. The topological polar surface area (TPSA) is 49.8 Å². The van der Waals surface area contributed by atoms with E-state index in [4.69, 9.17) is 0 Å². The fourth-order valence-electron chi connectivity index (χ4n) is 3.52. The summed E-state index contributed by atoms with van der Waals surface area (Å²) in [5.74, 6) is 1.51. The molecule has 2 heterocycles. The maximum absolute atomic E-state index is 15.5. The fourth-order valence-corrected chi connectivity index (χ4v) is 3.52. The van der Waals surface area contributed by atoms with Crippen LogP contribution in [0, 0.1) is 37.3 Å². The van der Waals surface area contributed by atoms with Crippen molar-refractivity contribution in [2.24, 2.45) is 11.8 Å². The number of nitrogens with zero attached hydrogens (tertiary/aromatic N) is 2. The summed E-state index contributed by atoms with van der Waals surface area (Å²) < 4.78 is 30.9. The number of benzene rings is 1. The normalized spacial score (nSPS) is 11.3. The molecule has 0 aliphatic carbocycles. The van der Waals surface area contributed by atoms with Gasteiger partial charge in [-0.2, -0.15) is 0 Å². The Morgan fingerprint density at radius 2 is 1.06 bits per heavy atom. The third-order valence-corrected chi connectivity index (χ3v) is 5.33. The standard InChI is InChI=1S/C26H32F2N4/c1-15(2)11-29-21-9-7-19(13-31-21)23-17(5)26(28)24(18(6)25(23)27)20-8-10-22(32-14-20)30-12-16(3)4/h7-10,13-16H,11-12H2,1-6H3,(H,29,31)(H,30,32). The molecule has 0 bridgehead atoms. The molecule has 4 nitrogen and oxygen atoms in total. The number of anilines is 2. The number of nitrogens with one attached hydrogen (secondary N) is 2. The van der Waals surface area contributed by atoms with Gasteiger partial charge in [0, 0.05) is 47.7 Å². The first-order valence-electron chi connectivity index (χ1n) is 11.1. The van der Waals surface area contributed by atoms with Crippen LogP contribution < -0.4 is 10.6 Å². The van der Waals surface area contributed by atoms with Crippen molar-refractivity contribution in [3.05, 3.63) is 59.4 Å². The van der Waals surface area contributed by atoms with Crippen LogP contribution in [-0.2, 0) is 0 Å². The van der Waals surface area contributed by atoms with Crippen molar-refractivity contribution >= 4 is 11.6 Å². The smallest absolute Gasteiger partial charge is 0.135 e. The minimum absolute atomic E-state index is 0.245. The second-order valence-corrected chi connectivity index (χ2v) is 9.04. The summed E-state index contributed by atoms with van der Waals surface area (Å²) >= 11 is 0. The summed E-state index contributed by atoms with van der Waals surface area (Å²) in [5.41, 5.74) is 2.11. The zero-order chi connectivity index (χ0) is 23.4. The Kier molecular flexibility index (Phi) is 7.44. The van der Waals surface area contributed by atoms with Gasteiger partial charge < -0.3 is 10.6 Å². The number of rotatable bonds is 8. The summed E-state index contributed by atoms with van der Waals surface area (Å²) in [5, 5.41) is 6.47. The van der Waals surface area contributed by atoms with Gasteiger partial charge in [-0.05, 0) is 61.1 Å². The second-order valence-electron chi connectivity index (χ2n) is 9.04. The van der Waals surface area contributed by atoms with E-state index in [0.717, 1.165) is 13.1 Å². The van der Waals surface area contributed by atoms with Gasteiger partial charge in [-0.25, -0.2) is 18.7 Å². The Morgan fingerprint density at radius 1 is 0.688 bits per heavy atom. The van der Waals surface area contributed by atoms with Gasteiger partial charge in [-0.3, -0.25) is 0 Å².